The SMILES string of the molecule is CC(=O)c1cc(C(F)F)c(C=O)cc1Br. The highest BCUT2D eigenvalue weighted by Crippen LogP contribution is 2.28. The molecule has 0 unspecified atom stereocenters. The van der Waals surface area contributed by atoms with Gasteiger partial charge in [0.05, 0.1) is 0 Å². The lowest BCUT2D eigenvalue weighted by Gasteiger charge is -2.07. The molecule has 0 spiro atoms. The van der Waals surface area contributed by atoms with Crippen LogP contribution in [0.2, 0.25) is 0 Å². The average molecular weight is 277 g/mol. The number of carbonyl (C=O) groups excluding carboxylic acids is 2. The largest absolute Gasteiger partial charge is 0.298 e. The van der Waals surface area contributed by atoms with E-state index in [1.54, 1.807) is 0 Å². The van der Waals surface area contributed by atoms with Crippen LogP contribution in [-0.2, 0) is 0 Å². The first kappa shape index (κ1) is 12.0. The second-order valence-corrected chi connectivity index (χ2v) is 3.79. The van der Waals surface area contributed by atoms with Gasteiger partial charge < -0.3 is 0 Å². The van der Waals surface area contributed by atoms with Gasteiger partial charge >= 0.3 is 0 Å². The number of halogens is 3. The summed E-state index contributed by atoms with van der Waals surface area (Å²) in [5.74, 6) is -0.332. The number of carbonyl (C=O) groups is 2. The van der Waals surface area contributed by atoms with Crippen molar-refractivity contribution in [1.82, 2.24) is 0 Å². The minimum absolute atomic E-state index is 0.109. The molecule has 0 aliphatic heterocycles. The molecule has 15 heavy (non-hydrogen) atoms. The van der Waals surface area contributed by atoms with Crippen LogP contribution in [0, 0.1) is 0 Å². The van der Waals surface area contributed by atoms with Crippen LogP contribution in [0.3, 0.4) is 0 Å². The third-order valence-corrected chi connectivity index (χ3v) is 2.57. The third-order valence-electron chi connectivity index (χ3n) is 1.91. The van der Waals surface area contributed by atoms with Gasteiger partial charge in [-0.1, -0.05) is 15.9 Å². The summed E-state index contributed by atoms with van der Waals surface area (Å²) < 4.78 is 25.4. The van der Waals surface area contributed by atoms with Crippen LogP contribution >= 0.6 is 15.9 Å². The molecule has 0 aliphatic carbocycles. The summed E-state index contributed by atoms with van der Waals surface area (Å²) in [6.45, 7) is 1.27. The van der Waals surface area contributed by atoms with E-state index in [4.69, 9.17) is 0 Å². The zero-order valence-corrected chi connectivity index (χ0v) is 9.35. The van der Waals surface area contributed by atoms with Crippen LogP contribution < -0.4 is 0 Å². The summed E-state index contributed by atoms with van der Waals surface area (Å²) >= 11 is 3.05. The summed E-state index contributed by atoms with van der Waals surface area (Å²) in [5, 5.41) is 0. The van der Waals surface area contributed by atoms with E-state index in [1.165, 1.54) is 13.0 Å². The van der Waals surface area contributed by atoms with Crippen molar-refractivity contribution in [3.8, 4) is 0 Å². The molecule has 0 atom stereocenters. The lowest BCUT2D eigenvalue weighted by Crippen LogP contribution is -2.00. The Morgan fingerprint density at radius 2 is 2.07 bits per heavy atom. The minimum Gasteiger partial charge on any atom is -0.298 e. The first-order valence-corrected chi connectivity index (χ1v) is 4.84. The Morgan fingerprint density at radius 1 is 1.47 bits per heavy atom. The fraction of sp³-hybridized carbons (Fsp3) is 0.200. The third kappa shape index (κ3) is 2.47. The normalized spacial score (nSPS) is 10.5. The van der Waals surface area contributed by atoms with Crippen LogP contribution in [0.25, 0.3) is 0 Å². The summed E-state index contributed by atoms with van der Waals surface area (Å²) in [6.07, 6.45) is -2.42. The molecular weight excluding hydrogens is 270 g/mol. The van der Waals surface area contributed by atoms with Crippen molar-refractivity contribution in [3.63, 3.8) is 0 Å². The molecule has 2 nitrogen and oxygen atoms in total. The van der Waals surface area contributed by atoms with E-state index < -0.39 is 12.0 Å². The average Bonchev–Trinajstić information content (AvgIpc) is 2.16. The molecule has 0 amide bonds. The van der Waals surface area contributed by atoms with Crippen LogP contribution in [-0.4, -0.2) is 12.1 Å². The molecule has 0 N–H and O–H groups in total. The van der Waals surface area contributed by atoms with E-state index in [9.17, 15) is 18.4 Å². The zero-order chi connectivity index (χ0) is 11.6. The molecule has 0 aromatic heterocycles. The molecule has 0 heterocycles. The molecule has 5 heteroatoms. The van der Waals surface area contributed by atoms with E-state index in [0.29, 0.717) is 10.8 Å². The Balaban J connectivity index is 3.43. The maximum atomic E-state index is 12.5. The summed E-state index contributed by atoms with van der Waals surface area (Å²) in [7, 11) is 0. The van der Waals surface area contributed by atoms with Gasteiger partial charge in [-0.05, 0) is 19.1 Å². The number of rotatable bonds is 3. The highest BCUT2D eigenvalue weighted by atomic mass is 79.9. The van der Waals surface area contributed by atoms with Gasteiger partial charge in [0, 0.05) is 21.2 Å². The molecule has 0 saturated carbocycles. The van der Waals surface area contributed by atoms with E-state index in [-0.39, 0.29) is 16.9 Å². The molecule has 0 fully saturated rings. The molecule has 80 valence electrons. The van der Waals surface area contributed by atoms with Crippen molar-refractivity contribution >= 4 is 28.0 Å². The Bertz CT molecular complexity index is 416. The van der Waals surface area contributed by atoms with Gasteiger partial charge in [-0.2, -0.15) is 0 Å². The Labute approximate surface area is 93.4 Å². The molecule has 0 aliphatic rings. The van der Waals surface area contributed by atoms with Crippen molar-refractivity contribution in [2.45, 2.75) is 13.3 Å². The van der Waals surface area contributed by atoms with Gasteiger partial charge in [0.25, 0.3) is 6.43 Å². The van der Waals surface area contributed by atoms with Gasteiger partial charge in [-0.25, -0.2) is 8.78 Å². The van der Waals surface area contributed by atoms with Crippen molar-refractivity contribution < 1.29 is 18.4 Å². The Hall–Kier alpha value is -1.10. The maximum absolute atomic E-state index is 12.5. The first-order valence-electron chi connectivity index (χ1n) is 4.05. The zero-order valence-electron chi connectivity index (χ0n) is 7.76. The minimum atomic E-state index is -2.77. The second kappa shape index (κ2) is 4.61. The molecule has 0 bridgehead atoms. The van der Waals surface area contributed by atoms with Crippen molar-refractivity contribution in [2.24, 2.45) is 0 Å². The maximum Gasteiger partial charge on any atom is 0.264 e. The van der Waals surface area contributed by atoms with Gasteiger partial charge in [0.2, 0.25) is 0 Å². The van der Waals surface area contributed by atoms with Gasteiger partial charge in [-0.15, -0.1) is 0 Å². The summed E-state index contributed by atoms with van der Waals surface area (Å²) in [4.78, 5) is 21.6. The summed E-state index contributed by atoms with van der Waals surface area (Å²) in [5.41, 5.74) is -0.379. The van der Waals surface area contributed by atoms with Gasteiger partial charge in [0.1, 0.15) is 0 Å². The highest BCUT2D eigenvalue weighted by Gasteiger charge is 2.17. The first-order chi connectivity index (χ1) is 6.97. The second-order valence-electron chi connectivity index (χ2n) is 2.94. The van der Waals surface area contributed by atoms with Crippen LogP contribution in [0.4, 0.5) is 8.78 Å². The standard InChI is InChI=1S/C10H7BrF2O2/c1-5(15)7-3-8(10(12)13)6(4-14)2-9(7)11/h2-4,10H,1H3. The van der Waals surface area contributed by atoms with Crippen LogP contribution in [0.15, 0.2) is 16.6 Å². The quantitative estimate of drug-likeness (QED) is 0.626. The molecule has 1 rings (SSSR count). The predicted molar refractivity (Wildman–Crippen MR) is 54.5 cm³/mol. The van der Waals surface area contributed by atoms with E-state index in [2.05, 4.69) is 15.9 Å². The fourth-order valence-corrected chi connectivity index (χ4v) is 1.81. The highest BCUT2D eigenvalue weighted by molar-refractivity contribution is 9.10. The Kier molecular flexibility index (Phi) is 3.68. The predicted octanol–water partition coefficient (Wildman–Crippen LogP) is 3.40. The molecular formula is C10H7BrF2O2. The number of Topliss-reactive ketones (excluding diaryl/α,β-unsaturated/α-hetero) is 1. The van der Waals surface area contributed by atoms with Crippen molar-refractivity contribution in [3.05, 3.63) is 33.3 Å². The van der Waals surface area contributed by atoms with Crippen LogP contribution in [0.1, 0.15) is 39.6 Å². The topological polar surface area (TPSA) is 34.1 Å². The van der Waals surface area contributed by atoms with E-state index in [0.717, 1.165) is 6.07 Å². The molecule has 0 saturated heterocycles. The molecule has 1 aromatic rings. The number of ketones is 1. The number of hydrogen-bond acceptors (Lipinski definition) is 2. The number of alkyl halides is 2. The van der Waals surface area contributed by atoms with Crippen molar-refractivity contribution in [2.75, 3.05) is 0 Å². The van der Waals surface area contributed by atoms with Gasteiger partial charge in [-0.3, -0.25) is 9.59 Å². The van der Waals surface area contributed by atoms with Crippen LogP contribution in [0.5, 0.6) is 0 Å². The smallest absolute Gasteiger partial charge is 0.264 e. The molecule has 1 aromatic carbocycles. The molecule has 0 radical (unpaired) electrons. The van der Waals surface area contributed by atoms with Gasteiger partial charge in [0.15, 0.2) is 12.1 Å². The lowest BCUT2D eigenvalue weighted by atomic mass is 10.0. The lowest BCUT2D eigenvalue weighted by molar-refractivity contribution is 0.101. The van der Waals surface area contributed by atoms with Crippen molar-refractivity contribution in [1.29, 1.82) is 0 Å². The Morgan fingerprint density at radius 3 is 2.47 bits per heavy atom. The van der Waals surface area contributed by atoms with E-state index >= 15 is 0 Å². The summed E-state index contributed by atoms with van der Waals surface area (Å²) in [6, 6.07) is 2.27. The number of hydrogen-bond donors (Lipinski definition) is 0. The fourth-order valence-electron chi connectivity index (χ4n) is 1.17. The monoisotopic (exact) mass is 276 g/mol. The van der Waals surface area contributed by atoms with E-state index in [1.807, 2.05) is 0 Å². The number of aldehydes is 1. The number of benzene rings is 1.